The summed E-state index contributed by atoms with van der Waals surface area (Å²) in [5.74, 6) is -1.50. The lowest BCUT2D eigenvalue weighted by molar-refractivity contribution is -0.113. The third-order valence-electron chi connectivity index (χ3n) is 4.33. The van der Waals surface area contributed by atoms with Crippen LogP contribution in [0.15, 0.2) is 78.5 Å². The van der Waals surface area contributed by atoms with E-state index in [0.717, 1.165) is 3.57 Å². The van der Waals surface area contributed by atoms with Crippen molar-refractivity contribution in [3.63, 3.8) is 0 Å². The number of methoxy groups -OCH3 is 1. The van der Waals surface area contributed by atoms with Crippen LogP contribution in [-0.2, 0) is 9.53 Å². The van der Waals surface area contributed by atoms with Gasteiger partial charge >= 0.3 is 5.97 Å². The molecule has 0 aromatic heterocycles. The molecule has 0 aliphatic rings. The zero-order valence-corrected chi connectivity index (χ0v) is 19.8. The predicted molar refractivity (Wildman–Crippen MR) is 132 cm³/mol. The normalized spacial score (nSPS) is 10.9. The van der Waals surface area contributed by atoms with Gasteiger partial charge in [-0.25, -0.2) is 4.79 Å². The first-order valence-corrected chi connectivity index (χ1v) is 10.9. The van der Waals surface area contributed by atoms with Gasteiger partial charge in [0, 0.05) is 14.3 Å². The average molecular weight is 561 g/mol. The molecule has 3 aromatic carbocycles. The number of ether oxygens (including phenoxy) is 1. The molecule has 8 heteroatoms. The van der Waals surface area contributed by atoms with Gasteiger partial charge in [-0.15, -0.1) is 0 Å². The van der Waals surface area contributed by atoms with Gasteiger partial charge in [0.2, 0.25) is 0 Å². The van der Waals surface area contributed by atoms with Crippen LogP contribution in [0.5, 0.6) is 0 Å². The zero-order valence-electron chi connectivity index (χ0n) is 16.9. The second kappa shape index (κ2) is 10.9. The Morgan fingerprint density at radius 1 is 0.969 bits per heavy atom. The fourth-order valence-corrected chi connectivity index (χ4v) is 3.52. The number of hydrogen-bond acceptors (Lipinski definition) is 4. The molecule has 0 saturated heterocycles. The molecule has 0 unspecified atom stereocenters. The molecule has 0 atom stereocenters. The second-order valence-electron chi connectivity index (χ2n) is 6.57. The van der Waals surface area contributed by atoms with Crippen molar-refractivity contribution in [2.75, 3.05) is 12.4 Å². The number of hydrogen-bond donors (Lipinski definition) is 2. The fraction of sp³-hybridized carbons (Fsp3) is 0.0417. The summed E-state index contributed by atoms with van der Waals surface area (Å²) in [4.78, 5) is 37.7. The standard InChI is InChI=1S/C24H18ClIN2O4/c1-32-24(31)16-5-4-6-18(14-16)27-23(30)21(13-15-9-11-17(25)12-10-15)28-22(29)19-7-2-3-8-20(19)26/h2-14H,1H3,(H,27,30)(H,28,29). The Kier molecular flexibility index (Phi) is 8.02. The SMILES string of the molecule is COC(=O)c1cccc(NC(=O)C(=Cc2ccc(Cl)cc2)NC(=O)c2ccccc2I)c1. The minimum absolute atomic E-state index is 0.0282. The first kappa shape index (κ1) is 23.5. The van der Waals surface area contributed by atoms with Crippen molar-refractivity contribution in [3.8, 4) is 0 Å². The molecule has 0 aliphatic heterocycles. The lowest BCUT2D eigenvalue weighted by atomic mass is 10.1. The molecule has 0 heterocycles. The molecule has 0 spiro atoms. The van der Waals surface area contributed by atoms with E-state index in [1.54, 1.807) is 66.7 Å². The van der Waals surface area contributed by atoms with E-state index in [1.165, 1.54) is 13.2 Å². The zero-order chi connectivity index (χ0) is 23.1. The van der Waals surface area contributed by atoms with Crippen molar-refractivity contribution in [3.05, 3.63) is 104 Å². The maximum absolute atomic E-state index is 13.0. The minimum atomic E-state index is -0.554. The summed E-state index contributed by atoms with van der Waals surface area (Å²) in [7, 11) is 1.28. The van der Waals surface area contributed by atoms with E-state index in [0.29, 0.717) is 21.8 Å². The van der Waals surface area contributed by atoms with Crippen LogP contribution in [-0.4, -0.2) is 24.9 Å². The first-order valence-electron chi connectivity index (χ1n) is 9.40. The Morgan fingerprint density at radius 2 is 1.69 bits per heavy atom. The number of amides is 2. The van der Waals surface area contributed by atoms with Crippen molar-refractivity contribution < 1.29 is 19.1 Å². The summed E-state index contributed by atoms with van der Waals surface area (Å²) in [5.41, 5.74) is 1.81. The maximum Gasteiger partial charge on any atom is 0.337 e. The summed E-state index contributed by atoms with van der Waals surface area (Å²) < 4.78 is 5.46. The lowest BCUT2D eigenvalue weighted by Crippen LogP contribution is -2.31. The topological polar surface area (TPSA) is 84.5 Å². The van der Waals surface area contributed by atoms with E-state index in [4.69, 9.17) is 16.3 Å². The summed E-state index contributed by atoms with van der Waals surface area (Å²) in [6.45, 7) is 0. The molecule has 0 radical (unpaired) electrons. The van der Waals surface area contributed by atoms with Crippen LogP contribution < -0.4 is 10.6 Å². The molecule has 3 rings (SSSR count). The van der Waals surface area contributed by atoms with Gasteiger partial charge < -0.3 is 15.4 Å². The lowest BCUT2D eigenvalue weighted by Gasteiger charge is -2.12. The summed E-state index contributed by atoms with van der Waals surface area (Å²) in [6, 6.07) is 20.2. The molecule has 0 aliphatic carbocycles. The number of halogens is 2. The van der Waals surface area contributed by atoms with E-state index in [-0.39, 0.29) is 11.3 Å². The third-order valence-corrected chi connectivity index (χ3v) is 5.53. The number of carbonyl (C=O) groups excluding carboxylic acids is 3. The van der Waals surface area contributed by atoms with E-state index < -0.39 is 17.8 Å². The van der Waals surface area contributed by atoms with Crippen LogP contribution in [0.4, 0.5) is 5.69 Å². The van der Waals surface area contributed by atoms with Crippen LogP contribution in [0.3, 0.4) is 0 Å². The molecule has 0 fully saturated rings. The van der Waals surface area contributed by atoms with Crippen molar-refractivity contribution in [1.29, 1.82) is 0 Å². The quantitative estimate of drug-likeness (QED) is 0.248. The Morgan fingerprint density at radius 3 is 2.38 bits per heavy atom. The number of carbonyl (C=O) groups is 3. The van der Waals surface area contributed by atoms with Crippen LogP contribution >= 0.6 is 34.2 Å². The summed E-state index contributed by atoms with van der Waals surface area (Å²) >= 11 is 8.00. The fourth-order valence-electron chi connectivity index (χ4n) is 2.76. The van der Waals surface area contributed by atoms with Crippen LogP contribution in [0.2, 0.25) is 5.02 Å². The molecule has 2 N–H and O–H groups in total. The molecule has 2 amide bonds. The second-order valence-corrected chi connectivity index (χ2v) is 8.17. The highest BCUT2D eigenvalue weighted by molar-refractivity contribution is 14.1. The largest absolute Gasteiger partial charge is 0.465 e. The Balaban J connectivity index is 1.90. The van der Waals surface area contributed by atoms with Crippen molar-refractivity contribution >= 4 is 63.7 Å². The van der Waals surface area contributed by atoms with Crippen molar-refractivity contribution in [1.82, 2.24) is 5.32 Å². The molecule has 0 saturated carbocycles. The van der Waals surface area contributed by atoms with Gasteiger partial charge in [0.05, 0.1) is 18.2 Å². The number of benzene rings is 3. The van der Waals surface area contributed by atoms with Crippen LogP contribution in [0.25, 0.3) is 6.08 Å². The number of nitrogens with one attached hydrogen (secondary N) is 2. The van der Waals surface area contributed by atoms with Gasteiger partial charge in [-0.2, -0.15) is 0 Å². The summed E-state index contributed by atoms with van der Waals surface area (Å²) in [5, 5.41) is 5.94. The molecule has 6 nitrogen and oxygen atoms in total. The van der Waals surface area contributed by atoms with Crippen LogP contribution in [0, 0.1) is 3.57 Å². The van der Waals surface area contributed by atoms with Crippen molar-refractivity contribution in [2.45, 2.75) is 0 Å². The van der Waals surface area contributed by atoms with E-state index in [1.807, 2.05) is 6.07 Å². The highest BCUT2D eigenvalue weighted by Gasteiger charge is 2.17. The van der Waals surface area contributed by atoms with E-state index >= 15 is 0 Å². The van der Waals surface area contributed by atoms with E-state index in [2.05, 4.69) is 33.2 Å². The summed E-state index contributed by atoms with van der Waals surface area (Å²) in [6.07, 6.45) is 1.55. The molecule has 162 valence electrons. The van der Waals surface area contributed by atoms with E-state index in [9.17, 15) is 14.4 Å². The van der Waals surface area contributed by atoms with Gasteiger partial charge in [-0.05, 0) is 76.7 Å². The highest BCUT2D eigenvalue weighted by atomic mass is 127. The smallest absolute Gasteiger partial charge is 0.337 e. The first-order chi connectivity index (χ1) is 15.4. The molecular weight excluding hydrogens is 543 g/mol. The highest BCUT2D eigenvalue weighted by Crippen LogP contribution is 2.17. The Hall–Kier alpha value is -3.17. The van der Waals surface area contributed by atoms with Crippen molar-refractivity contribution in [2.24, 2.45) is 0 Å². The number of esters is 1. The monoisotopic (exact) mass is 560 g/mol. The predicted octanol–water partition coefficient (Wildman–Crippen LogP) is 5.14. The third kappa shape index (κ3) is 6.18. The maximum atomic E-state index is 13.0. The van der Waals surface area contributed by atoms with Gasteiger partial charge in [0.15, 0.2) is 0 Å². The molecule has 0 bridgehead atoms. The number of rotatable bonds is 6. The average Bonchev–Trinajstić information content (AvgIpc) is 2.79. The number of anilines is 1. The Labute approximate surface area is 203 Å². The molecule has 32 heavy (non-hydrogen) atoms. The van der Waals surface area contributed by atoms with Gasteiger partial charge in [-0.3, -0.25) is 9.59 Å². The minimum Gasteiger partial charge on any atom is -0.465 e. The molecule has 3 aromatic rings. The van der Waals surface area contributed by atoms with Gasteiger partial charge in [0.1, 0.15) is 5.70 Å². The van der Waals surface area contributed by atoms with Gasteiger partial charge in [0.25, 0.3) is 11.8 Å². The van der Waals surface area contributed by atoms with Crippen LogP contribution in [0.1, 0.15) is 26.3 Å². The Bertz CT molecular complexity index is 1190. The molecular formula is C24H18ClIN2O4. The van der Waals surface area contributed by atoms with Gasteiger partial charge in [-0.1, -0.05) is 41.9 Å².